The van der Waals surface area contributed by atoms with E-state index in [1.165, 1.54) is 0 Å². The molecule has 0 spiro atoms. The van der Waals surface area contributed by atoms with Gasteiger partial charge in [0.1, 0.15) is 0 Å². The van der Waals surface area contributed by atoms with Gasteiger partial charge in [0, 0.05) is 28.3 Å². The molecule has 0 saturated heterocycles. The molecule has 1 amide bonds. The zero-order chi connectivity index (χ0) is 15.0. The fourth-order valence-corrected chi connectivity index (χ4v) is 2.67. The third kappa shape index (κ3) is 2.15. The Balaban J connectivity index is 2.12. The van der Waals surface area contributed by atoms with Crippen LogP contribution in [-0.4, -0.2) is 17.7 Å². The molecular formula is C18H17NO2. The molecule has 0 bridgehead atoms. The average molecular weight is 279 g/mol. The van der Waals surface area contributed by atoms with Crippen molar-refractivity contribution < 1.29 is 9.59 Å². The quantitative estimate of drug-likeness (QED) is 0.798. The summed E-state index contributed by atoms with van der Waals surface area (Å²) in [6, 6.07) is 12.9. The van der Waals surface area contributed by atoms with E-state index in [2.05, 4.69) is 5.32 Å². The molecule has 106 valence electrons. The van der Waals surface area contributed by atoms with Crippen molar-refractivity contribution in [3.63, 3.8) is 0 Å². The third-order valence-electron chi connectivity index (χ3n) is 3.98. The van der Waals surface area contributed by atoms with Crippen LogP contribution in [0.2, 0.25) is 0 Å². The van der Waals surface area contributed by atoms with Gasteiger partial charge in [-0.3, -0.25) is 9.59 Å². The highest BCUT2D eigenvalue weighted by molar-refractivity contribution is 6.24. The zero-order valence-corrected chi connectivity index (χ0v) is 12.1. The molecule has 0 heterocycles. The number of hydrogen-bond donors (Lipinski definition) is 1. The summed E-state index contributed by atoms with van der Waals surface area (Å²) in [5, 5.41) is 2.97. The summed E-state index contributed by atoms with van der Waals surface area (Å²) in [5.74, 6) is -0.121. The number of hydrogen-bond acceptors (Lipinski definition) is 2. The maximum Gasteiger partial charge on any atom is 0.252 e. The Morgan fingerprint density at radius 1 is 1.05 bits per heavy atom. The predicted molar refractivity (Wildman–Crippen MR) is 82.5 cm³/mol. The second-order valence-corrected chi connectivity index (χ2v) is 5.39. The van der Waals surface area contributed by atoms with Crippen LogP contribution in [0.25, 0.3) is 11.1 Å². The molecule has 0 aliphatic heterocycles. The second-order valence-electron chi connectivity index (χ2n) is 5.39. The average Bonchev–Trinajstić information content (AvgIpc) is 2.81. The van der Waals surface area contributed by atoms with Gasteiger partial charge in [0.2, 0.25) is 0 Å². The number of carbonyl (C=O) groups excluding carboxylic acids is 2. The zero-order valence-electron chi connectivity index (χ0n) is 12.1. The van der Waals surface area contributed by atoms with Gasteiger partial charge in [-0.15, -0.1) is 0 Å². The van der Waals surface area contributed by atoms with E-state index in [4.69, 9.17) is 0 Å². The van der Waals surface area contributed by atoms with E-state index in [9.17, 15) is 9.59 Å². The van der Waals surface area contributed by atoms with Gasteiger partial charge in [0.15, 0.2) is 5.78 Å². The van der Waals surface area contributed by atoms with E-state index in [0.717, 1.165) is 17.5 Å². The van der Waals surface area contributed by atoms with E-state index in [-0.39, 0.29) is 17.7 Å². The molecule has 3 rings (SSSR count). The highest BCUT2D eigenvalue weighted by atomic mass is 16.1. The fourth-order valence-electron chi connectivity index (χ4n) is 2.67. The maximum atomic E-state index is 12.5. The number of fused-ring (bicyclic) bond motifs is 3. The Hall–Kier alpha value is -2.42. The topological polar surface area (TPSA) is 46.2 Å². The first-order chi connectivity index (χ1) is 10.1. The monoisotopic (exact) mass is 279 g/mol. The van der Waals surface area contributed by atoms with Gasteiger partial charge in [-0.05, 0) is 25.0 Å². The highest BCUT2D eigenvalue weighted by Gasteiger charge is 2.30. The van der Waals surface area contributed by atoms with E-state index in [1.54, 1.807) is 18.2 Å². The lowest BCUT2D eigenvalue weighted by Crippen LogP contribution is -2.32. The molecule has 0 saturated carbocycles. The number of carbonyl (C=O) groups is 2. The number of ketones is 1. The molecule has 0 aromatic heterocycles. The van der Waals surface area contributed by atoms with Crippen LogP contribution in [0.3, 0.4) is 0 Å². The molecular weight excluding hydrogens is 262 g/mol. The van der Waals surface area contributed by atoms with Crippen LogP contribution in [0.15, 0.2) is 42.5 Å². The van der Waals surface area contributed by atoms with Gasteiger partial charge in [0.05, 0.1) is 0 Å². The Morgan fingerprint density at radius 3 is 2.43 bits per heavy atom. The van der Waals surface area contributed by atoms with Crippen LogP contribution in [0.4, 0.5) is 0 Å². The van der Waals surface area contributed by atoms with Crippen molar-refractivity contribution in [1.29, 1.82) is 0 Å². The van der Waals surface area contributed by atoms with Crippen molar-refractivity contribution in [2.75, 3.05) is 0 Å². The number of rotatable bonds is 3. The Labute approximate surface area is 124 Å². The molecule has 2 aromatic rings. The van der Waals surface area contributed by atoms with E-state index >= 15 is 0 Å². The van der Waals surface area contributed by atoms with E-state index in [1.807, 2.05) is 38.1 Å². The first-order valence-corrected chi connectivity index (χ1v) is 7.21. The molecule has 1 atom stereocenters. The Kier molecular flexibility index (Phi) is 3.34. The highest BCUT2D eigenvalue weighted by Crippen LogP contribution is 2.38. The molecule has 1 aliphatic rings. The van der Waals surface area contributed by atoms with Crippen LogP contribution >= 0.6 is 0 Å². The minimum Gasteiger partial charge on any atom is -0.350 e. The molecule has 1 aliphatic carbocycles. The van der Waals surface area contributed by atoms with Gasteiger partial charge in [0.25, 0.3) is 5.91 Å². The van der Waals surface area contributed by atoms with Gasteiger partial charge in [-0.25, -0.2) is 0 Å². The van der Waals surface area contributed by atoms with Crippen LogP contribution < -0.4 is 5.32 Å². The summed E-state index contributed by atoms with van der Waals surface area (Å²) < 4.78 is 0. The SMILES string of the molecule is CC[C@H](C)NC(=O)c1cccc2c1-c1ccccc1C2=O. The van der Waals surface area contributed by atoms with Crippen molar-refractivity contribution >= 4 is 11.7 Å². The van der Waals surface area contributed by atoms with E-state index < -0.39 is 0 Å². The van der Waals surface area contributed by atoms with Crippen molar-refractivity contribution in [2.45, 2.75) is 26.3 Å². The van der Waals surface area contributed by atoms with Crippen LogP contribution in [0.5, 0.6) is 0 Å². The first kappa shape index (κ1) is 13.6. The number of nitrogens with one attached hydrogen (secondary N) is 1. The van der Waals surface area contributed by atoms with Crippen LogP contribution in [0.1, 0.15) is 46.5 Å². The molecule has 3 heteroatoms. The van der Waals surface area contributed by atoms with Crippen molar-refractivity contribution in [3.8, 4) is 11.1 Å². The predicted octanol–water partition coefficient (Wildman–Crippen LogP) is 3.43. The minimum atomic E-state index is -0.120. The lowest BCUT2D eigenvalue weighted by atomic mass is 9.98. The molecule has 0 unspecified atom stereocenters. The van der Waals surface area contributed by atoms with Crippen LogP contribution in [-0.2, 0) is 0 Å². The summed E-state index contributed by atoms with van der Waals surface area (Å²) in [4.78, 5) is 24.9. The summed E-state index contributed by atoms with van der Waals surface area (Å²) in [7, 11) is 0. The van der Waals surface area contributed by atoms with Crippen molar-refractivity contribution in [3.05, 3.63) is 59.2 Å². The van der Waals surface area contributed by atoms with Crippen molar-refractivity contribution in [2.24, 2.45) is 0 Å². The van der Waals surface area contributed by atoms with Gasteiger partial charge < -0.3 is 5.32 Å². The van der Waals surface area contributed by atoms with Crippen molar-refractivity contribution in [1.82, 2.24) is 5.32 Å². The third-order valence-corrected chi connectivity index (χ3v) is 3.98. The van der Waals surface area contributed by atoms with E-state index in [0.29, 0.717) is 16.7 Å². The molecule has 2 aromatic carbocycles. The Morgan fingerprint density at radius 2 is 1.71 bits per heavy atom. The molecule has 21 heavy (non-hydrogen) atoms. The second kappa shape index (κ2) is 5.17. The standard InChI is InChI=1S/C18H17NO2/c1-3-11(2)19-18(21)15-10-6-9-14-16(15)12-7-4-5-8-13(12)17(14)20/h4-11H,3H2,1-2H3,(H,19,21)/t11-/m0/s1. The maximum absolute atomic E-state index is 12.5. The molecule has 1 N–H and O–H groups in total. The first-order valence-electron chi connectivity index (χ1n) is 7.21. The summed E-state index contributed by atoms with van der Waals surface area (Å²) in [6.07, 6.45) is 0.871. The summed E-state index contributed by atoms with van der Waals surface area (Å²) in [6.45, 7) is 4.00. The molecule has 3 nitrogen and oxygen atoms in total. The molecule has 0 radical (unpaired) electrons. The van der Waals surface area contributed by atoms with Crippen LogP contribution in [0, 0.1) is 0 Å². The smallest absolute Gasteiger partial charge is 0.252 e. The lowest BCUT2D eigenvalue weighted by molar-refractivity contribution is 0.0940. The normalized spacial score (nSPS) is 13.5. The fraction of sp³-hybridized carbons (Fsp3) is 0.222. The number of amides is 1. The summed E-state index contributed by atoms with van der Waals surface area (Å²) >= 11 is 0. The number of benzene rings is 2. The lowest BCUT2D eigenvalue weighted by Gasteiger charge is -2.14. The minimum absolute atomic E-state index is 0.00112. The molecule has 0 fully saturated rings. The van der Waals surface area contributed by atoms with Gasteiger partial charge in [-0.1, -0.05) is 43.3 Å². The summed E-state index contributed by atoms with van der Waals surface area (Å²) in [5.41, 5.74) is 3.49. The van der Waals surface area contributed by atoms with Gasteiger partial charge in [-0.2, -0.15) is 0 Å². The van der Waals surface area contributed by atoms with Gasteiger partial charge >= 0.3 is 0 Å². The Bertz CT molecular complexity index is 734. The largest absolute Gasteiger partial charge is 0.350 e.